The highest BCUT2D eigenvalue weighted by atomic mass is 16.6. The number of hydrogen-bond donors (Lipinski definition) is 1. The highest BCUT2D eigenvalue weighted by Gasteiger charge is 2.13. The van der Waals surface area contributed by atoms with Crippen molar-refractivity contribution in [2.24, 2.45) is 0 Å². The summed E-state index contributed by atoms with van der Waals surface area (Å²) in [4.78, 5) is 10.6. The van der Waals surface area contributed by atoms with E-state index in [9.17, 15) is 10.1 Å². The van der Waals surface area contributed by atoms with Gasteiger partial charge >= 0.3 is 0 Å². The van der Waals surface area contributed by atoms with Crippen LogP contribution in [0, 0.1) is 10.1 Å². The lowest BCUT2D eigenvalue weighted by Gasteiger charge is -2.08. The summed E-state index contributed by atoms with van der Waals surface area (Å²) in [5, 5.41) is 14.1. The van der Waals surface area contributed by atoms with Gasteiger partial charge in [-0.3, -0.25) is 10.1 Å². The predicted molar refractivity (Wildman–Crippen MR) is 81.5 cm³/mol. The van der Waals surface area contributed by atoms with Crippen molar-refractivity contribution in [2.75, 3.05) is 19.0 Å². The minimum absolute atomic E-state index is 0.0942. The van der Waals surface area contributed by atoms with Crippen molar-refractivity contribution in [3.05, 3.63) is 28.3 Å². The minimum Gasteiger partial charge on any atom is -0.497 e. The molecule has 0 heterocycles. The molecular formula is C15H24N2O3. The van der Waals surface area contributed by atoms with Crippen LogP contribution in [0.25, 0.3) is 0 Å². The van der Waals surface area contributed by atoms with Gasteiger partial charge in [0.25, 0.3) is 5.69 Å². The Bertz CT molecular complexity index is 422. The van der Waals surface area contributed by atoms with Gasteiger partial charge in [0, 0.05) is 18.7 Å². The first kappa shape index (κ1) is 16.3. The molecule has 1 N–H and O–H groups in total. The van der Waals surface area contributed by atoms with Crippen molar-refractivity contribution in [3.63, 3.8) is 0 Å². The maximum absolute atomic E-state index is 11.0. The fourth-order valence-corrected chi connectivity index (χ4v) is 2.07. The van der Waals surface area contributed by atoms with Gasteiger partial charge in [0.1, 0.15) is 11.4 Å². The Hall–Kier alpha value is -1.78. The van der Waals surface area contributed by atoms with Crippen LogP contribution in [0.5, 0.6) is 5.75 Å². The molecule has 20 heavy (non-hydrogen) atoms. The standard InChI is InChI=1S/C15H24N2O3/c1-3-4-5-6-7-8-11-16-14-12-13(20-2)9-10-15(14)17(18)19/h9-10,12,16H,3-8,11H2,1-2H3. The SMILES string of the molecule is CCCCCCCCNc1cc(OC)ccc1[N+](=O)[O-]. The molecule has 1 aromatic carbocycles. The van der Waals surface area contributed by atoms with Crippen molar-refractivity contribution in [2.45, 2.75) is 45.4 Å². The molecule has 0 fully saturated rings. The van der Waals surface area contributed by atoms with Crippen LogP contribution in [-0.2, 0) is 0 Å². The van der Waals surface area contributed by atoms with Crippen LogP contribution >= 0.6 is 0 Å². The van der Waals surface area contributed by atoms with Crippen LogP contribution < -0.4 is 10.1 Å². The summed E-state index contributed by atoms with van der Waals surface area (Å²) in [5.41, 5.74) is 0.625. The van der Waals surface area contributed by atoms with Crippen LogP contribution in [0.15, 0.2) is 18.2 Å². The van der Waals surface area contributed by atoms with Crippen LogP contribution in [0.4, 0.5) is 11.4 Å². The highest BCUT2D eigenvalue weighted by molar-refractivity contribution is 5.64. The van der Waals surface area contributed by atoms with E-state index in [1.807, 2.05) is 0 Å². The van der Waals surface area contributed by atoms with E-state index in [0.717, 1.165) is 19.4 Å². The van der Waals surface area contributed by atoms with E-state index in [-0.39, 0.29) is 10.6 Å². The molecule has 0 aromatic heterocycles. The number of nitro benzene ring substituents is 1. The Morgan fingerprint density at radius 1 is 1.20 bits per heavy atom. The normalized spacial score (nSPS) is 10.3. The molecule has 112 valence electrons. The lowest BCUT2D eigenvalue weighted by molar-refractivity contribution is -0.384. The molecule has 0 aliphatic rings. The van der Waals surface area contributed by atoms with Crippen LogP contribution in [0.1, 0.15) is 45.4 Å². The maximum Gasteiger partial charge on any atom is 0.292 e. The zero-order valence-electron chi connectivity index (χ0n) is 12.4. The van der Waals surface area contributed by atoms with E-state index >= 15 is 0 Å². The van der Waals surface area contributed by atoms with Gasteiger partial charge in [-0.2, -0.15) is 0 Å². The highest BCUT2D eigenvalue weighted by Crippen LogP contribution is 2.28. The molecule has 0 unspecified atom stereocenters. The molecule has 5 heteroatoms. The second-order valence-corrected chi connectivity index (χ2v) is 4.83. The fraction of sp³-hybridized carbons (Fsp3) is 0.600. The average molecular weight is 280 g/mol. The van der Waals surface area contributed by atoms with Gasteiger partial charge in [-0.05, 0) is 12.5 Å². The Morgan fingerprint density at radius 2 is 1.90 bits per heavy atom. The third-order valence-electron chi connectivity index (χ3n) is 3.25. The number of nitro groups is 1. The number of ether oxygens (including phenoxy) is 1. The molecule has 0 aliphatic carbocycles. The minimum atomic E-state index is -0.372. The monoisotopic (exact) mass is 280 g/mol. The van der Waals surface area contributed by atoms with E-state index in [0.29, 0.717) is 11.4 Å². The van der Waals surface area contributed by atoms with Crippen molar-refractivity contribution >= 4 is 11.4 Å². The van der Waals surface area contributed by atoms with E-state index in [1.54, 1.807) is 19.2 Å². The molecule has 0 saturated heterocycles. The Balaban J connectivity index is 2.43. The lowest BCUT2D eigenvalue weighted by Crippen LogP contribution is -2.04. The van der Waals surface area contributed by atoms with Gasteiger partial charge in [0.2, 0.25) is 0 Å². The number of anilines is 1. The number of unbranched alkanes of at least 4 members (excludes halogenated alkanes) is 5. The smallest absolute Gasteiger partial charge is 0.292 e. The first-order chi connectivity index (χ1) is 9.69. The van der Waals surface area contributed by atoms with Crippen LogP contribution in [-0.4, -0.2) is 18.6 Å². The quantitative estimate of drug-likeness (QED) is 0.392. The third kappa shape index (κ3) is 5.47. The summed E-state index contributed by atoms with van der Waals surface area (Å²) in [6.07, 6.45) is 7.22. The third-order valence-corrected chi connectivity index (χ3v) is 3.25. The first-order valence-electron chi connectivity index (χ1n) is 7.25. The average Bonchev–Trinajstić information content (AvgIpc) is 2.45. The molecule has 0 radical (unpaired) electrons. The van der Waals surface area contributed by atoms with Crippen LogP contribution in [0.2, 0.25) is 0 Å². The van der Waals surface area contributed by atoms with E-state index in [1.165, 1.54) is 31.7 Å². The number of rotatable bonds is 10. The zero-order chi connectivity index (χ0) is 14.8. The van der Waals surface area contributed by atoms with E-state index in [2.05, 4.69) is 12.2 Å². The number of hydrogen-bond acceptors (Lipinski definition) is 4. The van der Waals surface area contributed by atoms with Crippen LogP contribution in [0.3, 0.4) is 0 Å². The molecule has 0 bridgehead atoms. The van der Waals surface area contributed by atoms with Gasteiger partial charge < -0.3 is 10.1 Å². The molecule has 5 nitrogen and oxygen atoms in total. The van der Waals surface area contributed by atoms with Crippen molar-refractivity contribution in [3.8, 4) is 5.75 Å². The Morgan fingerprint density at radius 3 is 2.55 bits per heavy atom. The molecule has 0 atom stereocenters. The summed E-state index contributed by atoms with van der Waals surface area (Å²) in [6.45, 7) is 2.95. The van der Waals surface area contributed by atoms with Gasteiger partial charge in [-0.15, -0.1) is 0 Å². The van der Waals surface area contributed by atoms with Crippen molar-refractivity contribution < 1.29 is 9.66 Å². The van der Waals surface area contributed by atoms with Crippen molar-refractivity contribution in [1.29, 1.82) is 0 Å². The van der Waals surface area contributed by atoms with E-state index in [4.69, 9.17) is 4.74 Å². The molecular weight excluding hydrogens is 256 g/mol. The molecule has 1 aromatic rings. The second kappa shape index (κ2) is 9.18. The molecule has 0 spiro atoms. The van der Waals surface area contributed by atoms with Crippen molar-refractivity contribution in [1.82, 2.24) is 0 Å². The summed E-state index contributed by atoms with van der Waals surface area (Å²) < 4.78 is 5.10. The van der Waals surface area contributed by atoms with E-state index < -0.39 is 0 Å². The summed E-state index contributed by atoms with van der Waals surface area (Å²) in [7, 11) is 1.55. The first-order valence-corrected chi connectivity index (χ1v) is 7.25. The molecule has 1 rings (SSSR count). The van der Waals surface area contributed by atoms with Gasteiger partial charge in [0.15, 0.2) is 0 Å². The number of methoxy groups -OCH3 is 1. The predicted octanol–water partition coefficient (Wildman–Crippen LogP) is 4.38. The molecule has 0 aliphatic heterocycles. The summed E-state index contributed by atoms with van der Waals surface area (Å²) in [5.74, 6) is 0.626. The largest absolute Gasteiger partial charge is 0.497 e. The number of benzene rings is 1. The lowest BCUT2D eigenvalue weighted by atomic mass is 10.1. The van der Waals surface area contributed by atoms with Gasteiger partial charge in [-0.1, -0.05) is 39.0 Å². The maximum atomic E-state index is 11.0. The fourth-order valence-electron chi connectivity index (χ4n) is 2.07. The van der Waals surface area contributed by atoms with Gasteiger partial charge in [-0.25, -0.2) is 0 Å². The summed E-state index contributed by atoms with van der Waals surface area (Å²) >= 11 is 0. The number of nitrogens with zero attached hydrogens (tertiary/aromatic N) is 1. The Labute approximate surface area is 120 Å². The topological polar surface area (TPSA) is 64.4 Å². The second-order valence-electron chi connectivity index (χ2n) is 4.83. The molecule has 0 saturated carbocycles. The number of nitrogens with one attached hydrogen (secondary N) is 1. The summed E-state index contributed by atoms with van der Waals surface area (Å²) in [6, 6.07) is 4.76. The molecule has 0 amide bonds. The van der Waals surface area contributed by atoms with Gasteiger partial charge in [0.05, 0.1) is 12.0 Å². The zero-order valence-corrected chi connectivity index (χ0v) is 12.4. The Kier molecular flexibility index (Phi) is 7.47.